The number of alkyl halides is 5. The Morgan fingerprint density at radius 3 is 2.38 bits per heavy atom. The normalized spacial score (nSPS) is 12.8. The van der Waals surface area contributed by atoms with Crippen molar-refractivity contribution in [3.63, 3.8) is 0 Å². The number of hydrogen-bond donors (Lipinski definition) is 0. The highest BCUT2D eigenvalue weighted by molar-refractivity contribution is 5.07. The van der Waals surface area contributed by atoms with Crippen LogP contribution in [0.25, 0.3) is 0 Å². The molecule has 0 spiro atoms. The van der Waals surface area contributed by atoms with E-state index in [1.54, 1.807) is 0 Å². The molecule has 0 fully saturated rings. The lowest BCUT2D eigenvalue weighted by atomic mass is 10.3. The van der Waals surface area contributed by atoms with Crippen molar-refractivity contribution >= 4 is 5.95 Å². The van der Waals surface area contributed by atoms with Crippen molar-refractivity contribution in [3.8, 4) is 0 Å². The van der Waals surface area contributed by atoms with Crippen molar-refractivity contribution in [2.75, 3.05) is 0 Å². The third-order valence-corrected chi connectivity index (χ3v) is 1.64. The van der Waals surface area contributed by atoms with E-state index in [1.807, 2.05) is 0 Å². The molecule has 0 amide bonds. The number of hydrogen-bond acceptors (Lipinski definition) is 3. The lowest BCUT2D eigenvalue weighted by Gasteiger charge is -2.18. The van der Waals surface area contributed by atoms with Crippen LogP contribution in [0, 0.1) is 10.1 Å². The smallest absolute Gasteiger partial charge is 0.390 e. The molecule has 1 rings (SSSR count). The van der Waals surface area contributed by atoms with Gasteiger partial charge in [-0.1, -0.05) is 4.98 Å². The second kappa shape index (κ2) is 3.68. The fraction of sp³-hybridized carbons (Fsp3) is 0.500. The first-order chi connectivity index (χ1) is 7.15. The molecule has 0 saturated heterocycles. The number of nitro groups is 1. The predicted octanol–water partition coefficient (Wildman–Crippen LogP) is 1.99. The molecule has 0 unspecified atom stereocenters. The number of halogens is 5. The van der Waals surface area contributed by atoms with Gasteiger partial charge in [0.2, 0.25) is 0 Å². The zero-order valence-corrected chi connectivity index (χ0v) is 7.41. The molecule has 0 aliphatic rings. The largest absolute Gasteiger partial charge is 0.456 e. The van der Waals surface area contributed by atoms with E-state index in [-0.39, 0.29) is 4.57 Å². The van der Waals surface area contributed by atoms with Gasteiger partial charge in [-0.25, -0.2) is 4.57 Å². The number of rotatable bonds is 3. The van der Waals surface area contributed by atoms with E-state index in [0.29, 0.717) is 6.20 Å². The molecule has 0 saturated carbocycles. The standard InChI is InChI=1S/C6H4F5N3O2/c7-5(8,6(9,10)11)3-13-2-1-12-4(13)14(15)16/h1-2H,3H2. The summed E-state index contributed by atoms with van der Waals surface area (Å²) < 4.78 is 60.6. The van der Waals surface area contributed by atoms with Crippen LogP contribution in [-0.4, -0.2) is 26.6 Å². The van der Waals surface area contributed by atoms with Gasteiger partial charge in [-0.15, -0.1) is 0 Å². The zero-order chi connectivity index (χ0) is 12.6. The predicted molar refractivity (Wildman–Crippen MR) is 39.9 cm³/mol. The van der Waals surface area contributed by atoms with Gasteiger partial charge in [-0.3, -0.25) is 0 Å². The third-order valence-electron chi connectivity index (χ3n) is 1.64. The average Bonchev–Trinajstić information content (AvgIpc) is 2.49. The zero-order valence-electron chi connectivity index (χ0n) is 7.41. The SMILES string of the molecule is O=[N+]([O-])c1nccn1CC(F)(F)C(F)(F)F. The van der Waals surface area contributed by atoms with Crippen LogP contribution < -0.4 is 0 Å². The Morgan fingerprint density at radius 2 is 1.94 bits per heavy atom. The number of imidazole rings is 1. The summed E-state index contributed by atoms with van der Waals surface area (Å²) in [6.07, 6.45) is -4.31. The highest BCUT2D eigenvalue weighted by Gasteiger charge is 2.59. The topological polar surface area (TPSA) is 61.0 Å². The van der Waals surface area contributed by atoms with Gasteiger partial charge in [-0.05, 0) is 4.92 Å². The molecule has 0 aliphatic heterocycles. The van der Waals surface area contributed by atoms with Gasteiger partial charge < -0.3 is 10.1 Å². The van der Waals surface area contributed by atoms with Crippen molar-refractivity contribution in [1.82, 2.24) is 9.55 Å². The van der Waals surface area contributed by atoms with Gasteiger partial charge in [0.15, 0.2) is 0 Å². The minimum absolute atomic E-state index is 0.132. The Kier molecular flexibility index (Phi) is 2.84. The molecule has 16 heavy (non-hydrogen) atoms. The lowest BCUT2D eigenvalue weighted by Crippen LogP contribution is -2.40. The minimum atomic E-state index is -5.76. The van der Waals surface area contributed by atoms with Crippen molar-refractivity contribution in [2.45, 2.75) is 18.6 Å². The quantitative estimate of drug-likeness (QED) is 0.464. The van der Waals surface area contributed by atoms with Crippen LogP contribution in [0.2, 0.25) is 0 Å². The third kappa shape index (κ3) is 2.25. The molecule has 0 aliphatic carbocycles. The van der Waals surface area contributed by atoms with E-state index >= 15 is 0 Å². The summed E-state index contributed by atoms with van der Waals surface area (Å²) in [5.41, 5.74) is 0. The summed E-state index contributed by atoms with van der Waals surface area (Å²) in [5.74, 6) is -6.11. The minimum Gasteiger partial charge on any atom is -0.390 e. The first-order valence-electron chi connectivity index (χ1n) is 3.75. The molecule has 90 valence electrons. The van der Waals surface area contributed by atoms with Crippen LogP contribution >= 0.6 is 0 Å². The van der Waals surface area contributed by atoms with E-state index in [4.69, 9.17) is 0 Å². The van der Waals surface area contributed by atoms with Crippen LogP contribution in [0.1, 0.15) is 0 Å². The van der Waals surface area contributed by atoms with Crippen LogP contribution in [0.5, 0.6) is 0 Å². The van der Waals surface area contributed by atoms with Crippen LogP contribution in [0.4, 0.5) is 27.9 Å². The van der Waals surface area contributed by atoms with Gasteiger partial charge in [0, 0.05) is 0 Å². The average molecular weight is 245 g/mol. The Bertz CT molecular complexity index is 399. The Labute approximate surface area is 84.6 Å². The first-order valence-corrected chi connectivity index (χ1v) is 3.75. The molecule has 1 aromatic rings. The van der Waals surface area contributed by atoms with Crippen molar-refractivity contribution < 1.29 is 26.9 Å². The second-order valence-corrected chi connectivity index (χ2v) is 2.81. The summed E-state index contributed by atoms with van der Waals surface area (Å²) in [4.78, 5) is 12.1. The Hall–Kier alpha value is -1.74. The molecule has 0 aromatic carbocycles. The molecule has 0 radical (unpaired) electrons. The maximum Gasteiger partial charge on any atom is 0.456 e. The molecule has 0 atom stereocenters. The van der Waals surface area contributed by atoms with Gasteiger partial charge >= 0.3 is 18.0 Å². The summed E-state index contributed by atoms with van der Waals surface area (Å²) in [7, 11) is 0. The van der Waals surface area contributed by atoms with Gasteiger partial charge in [0.25, 0.3) is 0 Å². The maximum absolute atomic E-state index is 12.5. The molecule has 10 heteroatoms. The maximum atomic E-state index is 12.5. The van der Waals surface area contributed by atoms with E-state index in [2.05, 4.69) is 4.98 Å². The van der Waals surface area contributed by atoms with Crippen LogP contribution in [0.3, 0.4) is 0 Å². The molecular weight excluding hydrogens is 241 g/mol. The summed E-state index contributed by atoms with van der Waals surface area (Å²) in [6, 6.07) is 0. The highest BCUT2D eigenvalue weighted by Crippen LogP contribution is 2.37. The van der Waals surface area contributed by atoms with Crippen molar-refractivity contribution in [3.05, 3.63) is 22.5 Å². The highest BCUT2D eigenvalue weighted by atomic mass is 19.4. The van der Waals surface area contributed by atoms with Crippen LogP contribution in [0.15, 0.2) is 12.4 Å². The summed E-state index contributed by atoms with van der Waals surface area (Å²) in [5, 5.41) is 10.2. The van der Waals surface area contributed by atoms with Crippen molar-refractivity contribution in [2.24, 2.45) is 0 Å². The van der Waals surface area contributed by atoms with Crippen LogP contribution in [-0.2, 0) is 6.54 Å². The number of aromatic nitrogens is 2. The molecule has 1 aromatic heterocycles. The van der Waals surface area contributed by atoms with Gasteiger partial charge in [-0.2, -0.15) is 22.0 Å². The summed E-state index contributed by atoms with van der Waals surface area (Å²) >= 11 is 0. The van der Waals surface area contributed by atoms with E-state index in [0.717, 1.165) is 6.20 Å². The Balaban J connectivity index is 2.97. The van der Waals surface area contributed by atoms with Gasteiger partial charge in [0.1, 0.15) is 18.9 Å². The second-order valence-electron chi connectivity index (χ2n) is 2.81. The Morgan fingerprint density at radius 1 is 1.38 bits per heavy atom. The van der Waals surface area contributed by atoms with E-state index in [9.17, 15) is 32.1 Å². The fourth-order valence-corrected chi connectivity index (χ4v) is 0.900. The van der Waals surface area contributed by atoms with E-state index < -0.39 is 29.5 Å². The molecular formula is C6H4F5N3O2. The molecule has 0 N–H and O–H groups in total. The number of nitrogens with zero attached hydrogens (tertiary/aromatic N) is 3. The fourth-order valence-electron chi connectivity index (χ4n) is 0.900. The first kappa shape index (κ1) is 12.3. The van der Waals surface area contributed by atoms with Gasteiger partial charge in [0.05, 0.1) is 0 Å². The monoisotopic (exact) mass is 245 g/mol. The van der Waals surface area contributed by atoms with E-state index in [1.165, 1.54) is 0 Å². The lowest BCUT2D eigenvalue weighted by molar-refractivity contribution is -0.398. The molecule has 1 heterocycles. The molecule has 0 bridgehead atoms. The van der Waals surface area contributed by atoms with Crippen molar-refractivity contribution in [1.29, 1.82) is 0 Å². The summed E-state index contributed by atoms with van der Waals surface area (Å²) in [6.45, 7) is -1.87. The molecule has 5 nitrogen and oxygen atoms in total.